The number of halogens is 1. The molecule has 6 nitrogen and oxygen atoms in total. The molecule has 0 amide bonds. The first-order valence-corrected chi connectivity index (χ1v) is 9.96. The first kappa shape index (κ1) is 26.9. The van der Waals surface area contributed by atoms with Crippen LogP contribution in [0.4, 0.5) is 0 Å². The Morgan fingerprint density at radius 3 is 2.50 bits per heavy atom. The fourth-order valence-corrected chi connectivity index (χ4v) is 2.94. The molecule has 0 atom stereocenters. The lowest BCUT2D eigenvalue weighted by molar-refractivity contribution is 0.146. The highest BCUT2D eigenvalue weighted by atomic mass is 127. The number of ether oxygens (including phenoxy) is 2. The number of aliphatic imine (C=N–C) groups is 1. The van der Waals surface area contributed by atoms with Gasteiger partial charge in [-0.05, 0) is 49.3 Å². The Kier molecular flexibility index (Phi) is 15.2. The molecule has 0 heterocycles. The first-order chi connectivity index (χ1) is 13.1. The number of hydrogen-bond acceptors (Lipinski definition) is 4. The summed E-state index contributed by atoms with van der Waals surface area (Å²) in [6, 6.07) is 7.98. The molecule has 0 spiro atoms. The van der Waals surface area contributed by atoms with Crippen LogP contribution in [0.3, 0.4) is 0 Å². The summed E-state index contributed by atoms with van der Waals surface area (Å²) in [5.74, 6) is 1.63. The SMILES string of the molecule is CCNC(=NCc1cccc(OCCOC)c1)NCC(CC)(CC)CCO.I. The van der Waals surface area contributed by atoms with E-state index >= 15 is 0 Å². The van der Waals surface area contributed by atoms with E-state index in [0.717, 1.165) is 49.6 Å². The zero-order chi connectivity index (χ0) is 20.0. The Balaban J connectivity index is 0.00000729. The minimum absolute atomic E-state index is 0. The van der Waals surface area contributed by atoms with Crippen molar-refractivity contribution in [2.75, 3.05) is 40.0 Å². The molecule has 162 valence electrons. The molecule has 1 aromatic carbocycles. The van der Waals surface area contributed by atoms with Crippen LogP contribution in [0.15, 0.2) is 29.3 Å². The van der Waals surface area contributed by atoms with Gasteiger partial charge in [0.2, 0.25) is 0 Å². The number of rotatable bonds is 13. The molecule has 0 aromatic heterocycles. The number of benzene rings is 1. The van der Waals surface area contributed by atoms with Gasteiger partial charge in [-0.1, -0.05) is 26.0 Å². The average molecular weight is 507 g/mol. The summed E-state index contributed by atoms with van der Waals surface area (Å²) in [5.41, 5.74) is 1.19. The van der Waals surface area contributed by atoms with Crippen molar-refractivity contribution in [3.63, 3.8) is 0 Å². The molecular weight excluding hydrogens is 469 g/mol. The third-order valence-corrected chi connectivity index (χ3v) is 4.99. The van der Waals surface area contributed by atoms with Gasteiger partial charge in [0.05, 0.1) is 13.2 Å². The predicted molar refractivity (Wildman–Crippen MR) is 127 cm³/mol. The van der Waals surface area contributed by atoms with Crippen LogP contribution in [0.1, 0.15) is 45.6 Å². The normalized spacial score (nSPS) is 11.7. The maximum atomic E-state index is 9.39. The summed E-state index contributed by atoms with van der Waals surface area (Å²) in [7, 11) is 1.66. The van der Waals surface area contributed by atoms with Gasteiger partial charge in [-0.15, -0.1) is 24.0 Å². The molecule has 0 bridgehead atoms. The number of methoxy groups -OCH3 is 1. The van der Waals surface area contributed by atoms with Crippen LogP contribution in [0, 0.1) is 5.41 Å². The highest BCUT2D eigenvalue weighted by Crippen LogP contribution is 2.29. The average Bonchev–Trinajstić information content (AvgIpc) is 2.69. The number of nitrogens with one attached hydrogen (secondary N) is 2. The Bertz CT molecular complexity index is 551. The summed E-state index contributed by atoms with van der Waals surface area (Å²) in [5, 5.41) is 16.2. The monoisotopic (exact) mass is 507 g/mol. The van der Waals surface area contributed by atoms with Gasteiger partial charge in [-0.2, -0.15) is 0 Å². The maximum absolute atomic E-state index is 9.39. The number of aliphatic hydroxyl groups excluding tert-OH is 1. The van der Waals surface area contributed by atoms with Crippen LogP contribution in [0.5, 0.6) is 5.75 Å². The van der Waals surface area contributed by atoms with E-state index in [4.69, 9.17) is 14.5 Å². The van der Waals surface area contributed by atoms with Crippen molar-refractivity contribution in [1.82, 2.24) is 10.6 Å². The fourth-order valence-electron chi connectivity index (χ4n) is 2.94. The second kappa shape index (κ2) is 15.8. The molecule has 0 aliphatic rings. The van der Waals surface area contributed by atoms with E-state index in [1.807, 2.05) is 24.3 Å². The van der Waals surface area contributed by atoms with Crippen molar-refractivity contribution in [1.29, 1.82) is 0 Å². The summed E-state index contributed by atoms with van der Waals surface area (Å²) < 4.78 is 10.7. The van der Waals surface area contributed by atoms with E-state index in [1.165, 1.54) is 0 Å². The molecule has 28 heavy (non-hydrogen) atoms. The Labute approximate surface area is 187 Å². The van der Waals surface area contributed by atoms with E-state index in [1.54, 1.807) is 7.11 Å². The van der Waals surface area contributed by atoms with Gasteiger partial charge in [0.1, 0.15) is 12.4 Å². The van der Waals surface area contributed by atoms with Gasteiger partial charge in [-0.25, -0.2) is 4.99 Å². The highest BCUT2D eigenvalue weighted by Gasteiger charge is 2.25. The van der Waals surface area contributed by atoms with Crippen LogP contribution in [0.2, 0.25) is 0 Å². The van der Waals surface area contributed by atoms with E-state index in [-0.39, 0.29) is 36.0 Å². The molecule has 0 aliphatic carbocycles. The van der Waals surface area contributed by atoms with Crippen molar-refractivity contribution in [3.05, 3.63) is 29.8 Å². The Hall–Kier alpha value is -1.06. The Morgan fingerprint density at radius 2 is 1.89 bits per heavy atom. The van der Waals surface area contributed by atoms with Gasteiger partial charge in [0, 0.05) is 26.8 Å². The molecule has 0 radical (unpaired) electrons. The standard InChI is InChI=1S/C21H37N3O3.HI/c1-5-21(6-2,11-12-25)17-24-20(22-7-3)23-16-18-9-8-10-19(15-18)27-14-13-26-4;/h8-10,15,25H,5-7,11-14,16-17H2,1-4H3,(H2,22,23,24);1H. The van der Waals surface area contributed by atoms with Gasteiger partial charge in [0.25, 0.3) is 0 Å². The van der Waals surface area contributed by atoms with Crippen molar-refractivity contribution in [2.45, 2.75) is 46.6 Å². The lowest BCUT2D eigenvalue weighted by Gasteiger charge is -2.32. The van der Waals surface area contributed by atoms with Crippen molar-refractivity contribution >= 4 is 29.9 Å². The predicted octanol–water partition coefficient (Wildman–Crippen LogP) is 3.57. The molecule has 0 saturated heterocycles. The summed E-state index contributed by atoms with van der Waals surface area (Å²) in [6.07, 6.45) is 2.85. The van der Waals surface area contributed by atoms with E-state index in [2.05, 4.69) is 31.4 Å². The lowest BCUT2D eigenvalue weighted by atomic mass is 9.79. The zero-order valence-electron chi connectivity index (χ0n) is 17.8. The largest absolute Gasteiger partial charge is 0.491 e. The van der Waals surface area contributed by atoms with E-state index in [0.29, 0.717) is 19.8 Å². The molecule has 0 unspecified atom stereocenters. The number of guanidine groups is 1. The zero-order valence-corrected chi connectivity index (χ0v) is 20.1. The van der Waals surface area contributed by atoms with E-state index in [9.17, 15) is 5.11 Å². The van der Waals surface area contributed by atoms with Gasteiger partial charge < -0.3 is 25.2 Å². The smallest absolute Gasteiger partial charge is 0.191 e. The van der Waals surface area contributed by atoms with Crippen molar-refractivity contribution in [2.24, 2.45) is 10.4 Å². The molecular formula is C21H38IN3O3. The molecule has 1 aromatic rings. The third kappa shape index (κ3) is 9.93. The second-order valence-electron chi connectivity index (χ2n) is 6.72. The second-order valence-corrected chi connectivity index (χ2v) is 6.72. The van der Waals surface area contributed by atoms with Crippen LogP contribution < -0.4 is 15.4 Å². The van der Waals surface area contributed by atoms with Gasteiger partial charge in [0.15, 0.2) is 5.96 Å². The van der Waals surface area contributed by atoms with Crippen LogP contribution >= 0.6 is 24.0 Å². The van der Waals surface area contributed by atoms with Crippen LogP contribution in [-0.4, -0.2) is 51.1 Å². The van der Waals surface area contributed by atoms with Crippen LogP contribution in [0.25, 0.3) is 0 Å². The Morgan fingerprint density at radius 1 is 1.14 bits per heavy atom. The molecule has 0 saturated carbocycles. The third-order valence-electron chi connectivity index (χ3n) is 4.99. The molecule has 0 aliphatic heterocycles. The first-order valence-electron chi connectivity index (χ1n) is 9.96. The summed E-state index contributed by atoms with van der Waals surface area (Å²) >= 11 is 0. The topological polar surface area (TPSA) is 75.1 Å². The number of hydrogen-bond donors (Lipinski definition) is 3. The van der Waals surface area contributed by atoms with Gasteiger partial charge >= 0.3 is 0 Å². The molecule has 3 N–H and O–H groups in total. The minimum Gasteiger partial charge on any atom is -0.491 e. The van der Waals surface area contributed by atoms with E-state index < -0.39 is 0 Å². The summed E-state index contributed by atoms with van der Waals surface area (Å²) in [6.45, 7) is 9.91. The minimum atomic E-state index is 0. The maximum Gasteiger partial charge on any atom is 0.191 e. The summed E-state index contributed by atoms with van der Waals surface area (Å²) in [4.78, 5) is 4.70. The van der Waals surface area contributed by atoms with Crippen LogP contribution in [-0.2, 0) is 11.3 Å². The lowest BCUT2D eigenvalue weighted by Crippen LogP contribution is -2.43. The van der Waals surface area contributed by atoms with Crippen molar-refractivity contribution < 1.29 is 14.6 Å². The number of nitrogens with zero attached hydrogens (tertiary/aromatic N) is 1. The molecule has 0 fully saturated rings. The fraction of sp³-hybridized carbons (Fsp3) is 0.667. The quantitative estimate of drug-likeness (QED) is 0.165. The van der Waals surface area contributed by atoms with Gasteiger partial charge in [-0.3, -0.25) is 0 Å². The molecule has 7 heteroatoms. The number of aliphatic hydroxyl groups is 1. The highest BCUT2D eigenvalue weighted by molar-refractivity contribution is 14.0. The van der Waals surface area contributed by atoms with Crippen molar-refractivity contribution in [3.8, 4) is 5.75 Å². The molecule has 1 rings (SSSR count).